The third-order valence-electron chi connectivity index (χ3n) is 3.09. The Balaban J connectivity index is 2.58. The van der Waals surface area contributed by atoms with Gasteiger partial charge in [0.05, 0.1) is 0 Å². The number of hydrogen-bond acceptors (Lipinski definition) is 3. The average molecular weight is 242 g/mol. The van der Waals surface area contributed by atoms with E-state index in [1.54, 1.807) is 6.92 Å². The number of amides is 2. The van der Waals surface area contributed by atoms with Gasteiger partial charge in [-0.15, -0.1) is 0 Å². The molecule has 0 aromatic carbocycles. The van der Waals surface area contributed by atoms with Gasteiger partial charge in [0, 0.05) is 6.42 Å². The van der Waals surface area contributed by atoms with Crippen molar-refractivity contribution in [1.82, 2.24) is 10.6 Å². The molecule has 0 spiro atoms. The van der Waals surface area contributed by atoms with Gasteiger partial charge in [0.2, 0.25) is 11.8 Å². The molecule has 0 radical (unpaired) electrons. The number of carbonyl (C=O) groups excluding carboxylic acids is 2. The van der Waals surface area contributed by atoms with Crippen molar-refractivity contribution >= 4 is 17.8 Å². The molecule has 1 fully saturated rings. The van der Waals surface area contributed by atoms with E-state index in [4.69, 9.17) is 5.11 Å². The van der Waals surface area contributed by atoms with Crippen LogP contribution in [0.5, 0.6) is 0 Å². The van der Waals surface area contributed by atoms with Gasteiger partial charge >= 0.3 is 5.97 Å². The number of carbonyl (C=O) groups is 3. The van der Waals surface area contributed by atoms with Crippen LogP contribution in [-0.2, 0) is 14.4 Å². The summed E-state index contributed by atoms with van der Waals surface area (Å²) in [5.41, 5.74) is 0. The van der Waals surface area contributed by atoms with E-state index in [-0.39, 0.29) is 11.8 Å². The summed E-state index contributed by atoms with van der Waals surface area (Å²) < 4.78 is 0. The van der Waals surface area contributed by atoms with E-state index in [0.29, 0.717) is 19.3 Å². The molecule has 0 aromatic rings. The summed E-state index contributed by atoms with van der Waals surface area (Å²) in [7, 11) is 0. The van der Waals surface area contributed by atoms with Crippen LogP contribution in [0.1, 0.15) is 33.1 Å². The Morgan fingerprint density at radius 1 is 1.59 bits per heavy atom. The summed E-state index contributed by atoms with van der Waals surface area (Å²) in [6, 6.07) is -1.49. The second-order valence-electron chi connectivity index (χ2n) is 4.37. The highest BCUT2D eigenvalue weighted by atomic mass is 16.4. The van der Waals surface area contributed by atoms with Crippen molar-refractivity contribution in [3.63, 3.8) is 0 Å². The van der Waals surface area contributed by atoms with Crippen molar-refractivity contribution in [3.05, 3.63) is 0 Å². The maximum atomic E-state index is 11.7. The summed E-state index contributed by atoms with van der Waals surface area (Å²) in [6.07, 6.45) is 1.41. The largest absolute Gasteiger partial charge is 0.480 e. The Bertz CT molecular complexity index is 329. The Kier molecular flexibility index (Phi) is 4.48. The van der Waals surface area contributed by atoms with Crippen LogP contribution in [0.25, 0.3) is 0 Å². The predicted octanol–water partition coefficient (Wildman–Crippen LogP) is -0.119. The molecule has 96 valence electrons. The molecular formula is C11H18N2O4. The lowest BCUT2D eigenvalue weighted by Crippen LogP contribution is -2.51. The highest BCUT2D eigenvalue weighted by molar-refractivity contribution is 5.92. The van der Waals surface area contributed by atoms with Gasteiger partial charge in [0.25, 0.3) is 0 Å². The maximum Gasteiger partial charge on any atom is 0.326 e. The molecule has 1 unspecified atom stereocenters. The zero-order valence-electron chi connectivity index (χ0n) is 10.0. The third kappa shape index (κ3) is 3.44. The lowest BCUT2D eigenvalue weighted by molar-refractivity contribution is -0.143. The first-order chi connectivity index (χ1) is 7.95. The van der Waals surface area contributed by atoms with Crippen LogP contribution in [0.15, 0.2) is 0 Å². The molecule has 0 aromatic heterocycles. The molecule has 2 amide bonds. The van der Waals surface area contributed by atoms with Gasteiger partial charge in [-0.2, -0.15) is 0 Å². The molecular weight excluding hydrogens is 224 g/mol. The van der Waals surface area contributed by atoms with Gasteiger partial charge < -0.3 is 15.7 Å². The van der Waals surface area contributed by atoms with E-state index in [2.05, 4.69) is 10.6 Å². The lowest BCUT2D eigenvalue weighted by Gasteiger charge is -2.21. The molecule has 3 N–H and O–H groups in total. The fourth-order valence-corrected chi connectivity index (χ4v) is 1.75. The van der Waals surface area contributed by atoms with Crippen LogP contribution in [0.4, 0.5) is 0 Å². The minimum atomic E-state index is -1.04. The Labute approximate surface area is 99.8 Å². The Morgan fingerprint density at radius 2 is 2.24 bits per heavy atom. The fraction of sp³-hybridized carbons (Fsp3) is 0.727. The summed E-state index contributed by atoms with van der Waals surface area (Å²) >= 11 is 0. The molecule has 1 saturated heterocycles. The Hall–Kier alpha value is -1.59. The lowest BCUT2D eigenvalue weighted by atomic mass is 9.99. The van der Waals surface area contributed by atoms with Crippen molar-refractivity contribution in [1.29, 1.82) is 0 Å². The summed E-state index contributed by atoms with van der Waals surface area (Å²) in [5.74, 6) is -1.77. The number of aliphatic carboxylic acids is 1. The van der Waals surface area contributed by atoms with E-state index < -0.39 is 24.0 Å². The van der Waals surface area contributed by atoms with Crippen molar-refractivity contribution in [2.45, 2.75) is 45.2 Å². The van der Waals surface area contributed by atoms with Crippen LogP contribution in [-0.4, -0.2) is 35.0 Å². The van der Waals surface area contributed by atoms with Gasteiger partial charge in [-0.3, -0.25) is 9.59 Å². The zero-order valence-corrected chi connectivity index (χ0v) is 10.0. The van der Waals surface area contributed by atoms with E-state index in [1.165, 1.54) is 0 Å². The van der Waals surface area contributed by atoms with Gasteiger partial charge in [-0.1, -0.05) is 20.3 Å². The first-order valence-electron chi connectivity index (χ1n) is 5.78. The highest BCUT2D eigenvalue weighted by Crippen LogP contribution is 2.11. The number of nitrogens with one attached hydrogen (secondary N) is 2. The number of carboxylic acid groups (broad SMARTS) is 1. The van der Waals surface area contributed by atoms with E-state index in [1.807, 2.05) is 6.92 Å². The number of carboxylic acids is 1. The van der Waals surface area contributed by atoms with Crippen LogP contribution >= 0.6 is 0 Å². The quantitative estimate of drug-likeness (QED) is 0.626. The first kappa shape index (κ1) is 13.5. The zero-order chi connectivity index (χ0) is 13.0. The molecule has 0 aliphatic carbocycles. The molecule has 0 bridgehead atoms. The Morgan fingerprint density at radius 3 is 2.65 bits per heavy atom. The van der Waals surface area contributed by atoms with Crippen LogP contribution < -0.4 is 10.6 Å². The average Bonchev–Trinajstić information content (AvgIpc) is 2.71. The second-order valence-corrected chi connectivity index (χ2v) is 4.37. The van der Waals surface area contributed by atoms with E-state index >= 15 is 0 Å². The fourth-order valence-electron chi connectivity index (χ4n) is 1.75. The van der Waals surface area contributed by atoms with Gasteiger partial charge in [0.1, 0.15) is 12.1 Å². The number of hydrogen-bond donors (Lipinski definition) is 3. The third-order valence-corrected chi connectivity index (χ3v) is 3.09. The minimum Gasteiger partial charge on any atom is -0.480 e. The maximum absolute atomic E-state index is 11.7. The molecule has 6 heteroatoms. The summed E-state index contributed by atoms with van der Waals surface area (Å²) in [6.45, 7) is 3.64. The summed E-state index contributed by atoms with van der Waals surface area (Å²) in [5, 5.41) is 14.0. The highest BCUT2D eigenvalue weighted by Gasteiger charge is 2.32. The van der Waals surface area contributed by atoms with Gasteiger partial charge in [-0.05, 0) is 12.3 Å². The van der Waals surface area contributed by atoms with Crippen molar-refractivity contribution in [3.8, 4) is 0 Å². The van der Waals surface area contributed by atoms with E-state index in [0.717, 1.165) is 0 Å². The SMILES string of the molecule is CC[C@H](C)[C@H](NC(=O)C1CCC(=O)N1)C(=O)O. The smallest absolute Gasteiger partial charge is 0.326 e. The number of rotatable bonds is 5. The summed E-state index contributed by atoms with van der Waals surface area (Å²) in [4.78, 5) is 33.7. The molecule has 1 aliphatic heterocycles. The molecule has 1 heterocycles. The van der Waals surface area contributed by atoms with E-state index in [9.17, 15) is 14.4 Å². The molecule has 3 atom stereocenters. The molecule has 6 nitrogen and oxygen atoms in total. The predicted molar refractivity (Wildman–Crippen MR) is 60.2 cm³/mol. The molecule has 17 heavy (non-hydrogen) atoms. The van der Waals surface area contributed by atoms with Crippen LogP contribution in [0, 0.1) is 5.92 Å². The van der Waals surface area contributed by atoms with Crippen LogP contribution in [0.2, 0.25) is 0 Å². The van der Waals surface area contributed by atoms with Crippen molar-refractivity contribution in [2.24, 2.45) is 5.92 Å². The normalized spacial score (nSPS) is 22.7. The molecule has 0 saturated carbocycles. The standard InChI is InChI=1S/C11H18N2O4/c1-3-6(2)9(11(16)17)13-10(15)7-4-5-8(14)12-7/h6-7,9H,3-5H2,1-2H3,(H,12,14)(H,13,15)(H,16,17)/t6-,7?,9-/m0/s1. The topological polar surface area (TPSA) is 95.5 Å². The molecule has 1 aliphatic rings. The molecule has 1 rings (SSSR count). The van der Waals surface area contributed by atoms with Crippen molar-refractivity contribution in [2.75, 3.05) is 0 Å². The first-order valence-corrected chi connectivity index (χ1v) is 5.78. The van der Waals surface area contributed by atoms with Crippen LogP contribution in [0.3, 0.4) is 0 Å². The van der Waals surface area contributed by atoms with Crippen molar-refractivity contribution < 1.29 is 19.5 Å². The monoisotopic (exact) mass is 242 g/mol. The minimum absolute atomic E-state index is 0.145. The second kappa shape index (κ2) is 5.65. The van der Waals surface area contributed by atoms with Gasteiger partial charge in [-0.25, -0.2) is 4.79 Å². The van der Waals surface area contributed by atoms with Gasteiger partial charge in [0.15, 0.2) is 0 Å².